The van der Waals surface area contributed by atoms with Crippen LogP contribution < -0.4 is 29.6 Å². The molecule has 0 aliphatic heterocycles. The fourth-order valence-corrected chi connectivity index (χ4v) is 8.48. The number of hydrogen-bond donors (Lipinski definition) is 0. The monoisotopic (exact) mass is 284 g/mol. The topological polar surface area (TPSA) is 0 Å². The first-order valence-electron chi connectivity index (χ1n) is 6.51. The van der Waals surface area contributed by atoms with Crippen molar-refractivity contribution in [2.75, 3.05) is 0 Å². The van der Waals surface area contributed by atoms with Gasteiger partial charge in [0.05, 0.1) is 0 Å². The van der Waals surface area contributed by atoms with Gasteiger partial charge in [-0.15, -0.1) is 11.8 Å². The van der Waals surface area contributed by atoms with E-state index in [1.165, 1.54) is 64.2 Å². The molecule has 0 aromatic heterocycles. The van der Waals surface area contributed by atoms with Crippen LogP contribution in [0, 0.1) is 0 Å². The molecule has 0 N–H and O–H groups in total. The van der Waals surface area contributed by atoms with E-state index >= 15 is 0 Å². The van der Waals surface area contributed by atoms with E-state index in [0.29, 0.717) is 0 Å². The molecule has 2 fully saturated rings. The summed E-state index contributed by atoms with van der Waals surface area (Å²) < 4.78 is 0. The van der Waals surface area contributed by atoms with Gasteiger partial charge in [-0.3, -0.25) is 0 Å². The van der Waals surface area contributed by atoms with Gasteiger partial charge in [0.2, 0.25) is 0 Å². The maximum atomic E-state index is 5.91. The minimum absolute atomic E-state index is 0. The zero-order valence-corrected chi connectivity index (χ0v) is 15.0. The maximum Gasteiger partial charge on any atom is 1.00 e. The fraction of sp³-hybridized carbons (Fsp3) is 1.00. The molecular weight excluding hydrogens is 262 g/mol. The first kappa shape index (κ1) is 16.1. The number of rotatable bonds is 2. The zero-order chi connectivity index (χ0) is 10.7. The molecule has 0 aromatic carbocycles. The molecule has 0 spiro atoms. The van der Waals surface area contributed by atoms with Gasteiger partial charge in [-0.1, -0.05) is 38.5 Å². The van der Waals surface area contributed by atoms with E-state index in [9.17, 15) is 0 Å². The van der Waals surface area contributed by atoms with Crippen molar-refractivity contribution in [3.8, 4) is 0 Å². The Balaban J connectivity index is 0.00000128. The summed E-state index contributed by atoms with van der Waals surface area (Å²) >= 11 is 11.8. The minimum Gasteiger partial charge on any atom is -0.746 e. The molecule has 4 heteroatoms. The second-order valence-corrected chi connectivity index (χ2v) is 12.3. The quantitative estimate of drug-likeness (QED) is 0.429. The van der Waals surface area contributed by atoms with E-state index in [1.807, 2.05) is 0 Å². The molecule has 2 rings (SSSR count). The van der Waals surface area contributed by atoms with E-state index in [-0.39, 0.29) is 29.6 Å². The fourth-order valence-electron chi connectivity index (χ4n) is 3.18. The smallest absolute Gasteiger partial charge is 0.746 e. The van der Waals surface area contributed by atoms with E-state index in [1.54, 1.807) is 0 Å². The molecule has 0 atom stereocenters. The second-order valence-electron chi connectivity index (χ2n) is 5.23. The molecule has 2 aliphatic carbocycles. The van der Waals surface area contributed by atoms with Gasteiger partial charge >= 0.3 is 29.6 Å². The van der Waals surface area contributed by atoms with E-state index in [2.05, 4.69) is 0 Å². The van der Waals surface area contributed by atoms with Gasteiger partial charge in [-0.25, -0.2) is 0 Å². The summed E-state index contributed by atoms with van der Waals surface area (Å²) in [6.45, 7) is 0. The Hall–Kier alpha value is 2.00. The van der Waals surface area contributed by atoms with Crippen LogP contribution in [0.4, 0.5) is 0 Å². The normalized spacial score (nSPS) is 25.1. The van der Waals surface area contributed by atoms with E-state index in [4.69, 9.17) is 24.1 Å². The predicted molar refractivity (Wildman–Crippen MR) is 75.4 cm³/mol. The summed E-state index contributed by atoms with van der Waals surface area (Å²) in [5.74, 6) is 0. The van der Waals surface area contributed by atoms with Crippen molar-refractivity contribution < 1.29 is 29.6 Å². The third-order valence-corrected chi connectivity index (χ3v) is 10.8. The minimum atomic E-state index is -1.43. The standard InChI is InChI=1S/C12H23PS2.Na/c14-13(15,11-7-3-1-4-8-11)12-9-5-2-6-10-12;/h11-12H,1-10H2,(H,14,15);/q;+1/p-1. The average Bonchev–Trinajstić information content (AvgIpc) is 2.31. The third-order valence-electron chi connectivity index (χ3n) is 4.17. The van der Waals surface area contributed by atoms with Crippen LogP contribution in [0.5, 0.6) is 0 Å². The molecule has 0 radical (unpaired) electrons. The molecule has 0 bridgehead atoms. The van der Waals surface area contributed by atoms with Crippen molar-refractivity contribution >= 4 is 29.3 Å². The third kappa shape index (κ3) is 4.00. The Bertz CT molecular complexity index is 223. The summed E-state index contributed by atoms with van der Waals surface area (Å²) in [5.41, 5.74) is 1.55. The Morgan fingerprint density at radius 1 is 0.750 bits per heavy atom. The van der Waals surface area contributed by atoms with Gasteiger partial charge in [0.15, 0.2) is 0 Å². The van der Waals surface area contributed by atoms with Crippen molar-refractivity contribution in [3.05, 3.63) is 0 Å². The van der Waals surface area contributed by atoms with Gasteiger partial charge in [0.1, 0.15) is 0 Å². The second kappa shape index (κ2) is 7.56. The predicted octanol–water partition coefficient (Wildman–Crippen LogP) is 1.60. The zero-order valence-electron chi connectivity index (χ0n) is 10.5. The van der Waals surface area contributed by atoms with Crippen molar-refractivity contribution in [2.24, 2.45) is 0 Å². The van der Waals surface area contributed by atoms with Crippen molar-refractivity contribution in [3.63, 3.8) is 0 Å². The van der Waals surface area contributed by atoms with Crippen LogP contribution in [0.15, 0.2) is 0 Å². The summed E-state index contributed by atoms with van der Waals surface area (Å²) in [7, 11) is 0. The maximum absolute atomic E-state index is 5.91. The Kier molecular flexibility index (Phi) is 7.58. The molecule has 2 saturated carbocycles. The van der Waals surface area contributed by atoms with E-state index < -0.39 is 5.24 Å². The van der Waals surface area contributed by atoms with Crippen LogP contribution in [-0.2, 0) is 24.1 Å². The van der Waals surface area contributed by atoms with Crippen molar-refractivity contribution in [1.82, 2.24) is 0 Å². The summed E-state index contributed by atoms with van der Waals surface area (Å²) in [6.07, 6.45) is 13.9. The molecule has 16 heavy (non-hydrogen) atoms. The SMILES string of the molecule is S=P([S-])(C1CCCCC1)C1CCCCC1.[Na+]. The Morgan fingerprint density at radius 2 is 1.06 bits per heavy atom. The largest absolute Gasteiger partial charge is 1.00 e. The van der Waals surface area contributed by atoms with Gasteiger partial charge < -0.3 is 12.2 Å². The van der Waals surface area contributed by atoms with Gasteiger partial charge in [0, 0.05) is 0 Å². The van der Waals surface area contributed by atoms with Gasteiger partial charge in [-0.2, -0.15) is 5.24 Å². The van der Waals surface area contributed by atoms with Crippen LogP contribution >= 0.6 is 5.24 Å². The van der Waals surface area contributed by atoms with Crippen LogP contribution in [0.25, 0.3) is 0 Å². The van der Waals surface area contributed by atoms with Gasteiger partial charge in [-0.05, 0) is 37.0 Å². The van der Waals surface area contributed by atoms with Crippen LogP contribution in [-0.4, -0.2) is 11.3 Å². The van der Waals surface area contributed by atoms with Crippen molar-refractivity contribution in [1.29, 1.82) is 0 Å². The molecule has 0 aromatic rings. The molecule has 2 aliphatic rings. The molecule has 0 unspecified atom stereocenters. The van der Waals surface area contributed by atoms with Gasteiger partial charge in [0.25, 0.3) is 0 Å². The Labute approximate surface area is 133 Å². The molecule has 0 heterocycles. The first-order valence-corrected chi connectivity index (χ1v) is 10.5. The van der Waals surface area contributed by atoms with Crippen LogP contribution in [0.1, 0.15) is 64.2 Å². The van der Waals surface area contributed by atoms with Crippen LogP contribution in [0.3, 0.4) is 0 Å². The molecular formula is C12H22NaPS2. The van der Waals surface area contributed by atoms with Crippen molar-refractivity contribution in [2.45, 2.75) is 75.5 Å². The Morgan fingerprint density at radius 3 is 1.38 bits per heavy atom. The average molecular weight is 284 g/mol. The first-order chi connectivity index (χ1) is 7.21. The van der Waals surface area contributed by atoms with Crippen LogP contribution in [0.2, 0.25) is 0 Å². The molecule has 88 valence electrons. The summed E-state index contributed by atoms with van der Waals surface area (Å²) in [6, 6.07) is 0. The van der Waals surface area contributed by atoms with E-state index in [0.717, 1.165) is 11.3 Å². The summed E-state index contributed by atoms with van der Waals surface area (Å²) in [5, 5.41) is -1.43. The molecule has 0 amide bonds. The summed E-state index contributed by atoms with van der Waals surface area (Å²) in [4.78, 5) is 0. The number of hydrogen-bond acceptors (Lipinski definition) is 2. The molecule has 0 saturated heterocycles. The molecule has 0 nitrogen and oxygen atoms in total.